The summed E-state index contributed by atoms with van der Waals surface area (Å²) in [6, 6.07) is 23.1. The van der Waals surface area contributed by atoms with E-state index in [1.165, 1.54) is 21.0 Å². The van der Waals surface area contributed by atoms with Crippen molar-refractivity contribution in [2.45, 2.75) is 6.54 Å². The van der Waals surface area contributed by atoms with Gasteiger partial charge in [0, 0.05) is 66.1 Å². The van der Waals surface area contributed by atoms with Gasteiger partial charge in [0.05, 0.1) is 10.5 Å². The monoisotopic (exact) mass is 485 g/mol. The second kappa shape index (κ2) is 9.22. The molecule has 5 aromatic rings. The van der Waals surface area contributed by atoms with E-state index in [4.69, 9.17) is 16.6 Å². The van der Waals surface area contributed by atoms with Gasteiger partial charge in [-0.05, 0) is 48.0 Å². The van der Waals surface area contributed by atoms with Gasteiger partial charge in [0.1, 0.15) is 11.3 Å². The molecule has 1 N–H and O–H groups in total. The van der Waals surface area contributed by atoms with E-state index in [2.05, 4.69) is 68.3 Å². The summed E-state index contributed by atoms with van der Waals surface area (Å²) in [6.45, 7) is 5.23. The lowest BCUT2D eigenvalue weighted by Gasteiger charge is -2.35. The van der Waals surface area contributed by atoms with Gasteiger partial charge in [-0.2, -0.15) is 0 Å². The third kappa shape index (κ3) is 4.32. The van der Waals surface area contributed by atoms with Crippen LogP contribution in [0.2, 0.25) is 5.02 Å². The molecule has 7 heteroatoms. The number of halogens is 1. The Morgan fingerprint density at radius 2 is 1.68 bits per heavy atom. The van der Waals surface area contributed by atoms with Crippen LogP contribution in [-0.4, -0.2) is 46.0 Å². The largest absolute Gasteiger partial charge is 0.369 e. The molecule has 0 amide bonds. The number of benzene rings is 2. The Morgan fingerprint density at radius 1 is 0.882 bits per heavy atom. The van der Waals surface area contributed by atoms with Crippen LogP contribution >= 0.6 is 22.9 Å². The highest BCUT2D eigenvalue weighted by Gasteiger charge is 2.18. The number of pyridine rings is 1. The number of imidazole rings is 1. The fraction of sp³-hybridized carbons (Fsp3) is 0.185. The number of H-pyrrole nitrogens is 1. The summed E-state index contributed by atoms with van der Waals surface area (Å²) >= 11 is 8.19. The first-order valence-electron chi connectivity index (χ1n) is 11.4. The summed E-state index contributed by atoms with van der Waals surface area (Å²) in [4.78, 5) is 19.9. The standard InChI is InChI=1S/C27H24ClN5S/c28-23-5-2-6-24-26(23)31-27(30-24)20-4-1-3-19(17-20)25-8-7-22(34-25)18-32-13-15-33(16-14-32)21-9-11-29-12-10-21/h1-12,17H,13-16,18H2,(H,30,31). The summed E-state index contributed by atoms with van der Waals surface area (Å²) in [7, 11) is 0. The van der Waals surface area contributed by atoms with E-state index in [0.29, 0.717) is 5.02 Å². The second-order valence-corrected chi connectivity index (χ2v) is 10.1. The van der Waals surface area contributed by atoms with Crippen molar-refractivity contribution in [1.29, 1.82) is 0 Å². The topological polar surface area (TPSA) is 48.1 Å². The van der Waals surface area contributed by atoms with Crippen LogP contribution in [0.1, 0.15) is 4.88 Å². The third-order valence-corrected chi connectivity index (χ3v) is 7.75. The van der Waals surface area contributed by atoms with Gasteiger partial charge in [-0.25, -0.2) is 4.98 Å². The Bertz CT molecular complexity index is 1420. The highest BCUT2D eigenvalue weighted by Crippen LogP contribution is 2.32. The molecule has 5 nitrogen and oxygen atoms in total. The fourth-order valence-corrected chi connectivity index (χ4v) is 5.77. The molecule has 0 saturated carbocycles. The summed E-state index contributed by atoms with van der Waals surface area (Å²) in [5.74, 6) is 0.841. The molecule has 2 aromatic carbocycles. The van der Waals surface area contributed by atoms with Gasteiger partial charge >= 0.3 is 0 Å². The molecule has 0 atom stereocenters. The average Bonchev–Trinajstić information content (AvgIpc) is 3.54. The second-order valence-electron chi connectivity index (χ2n) is 8.54. The van der Waals surface area contributed by atoms with Crippen LogP contribution in [0.4, 0.5) is 5.69 Å². The minimum Gasteiger partial charge on any atom is -0.369 e. The predicted molar refractivity (Wildman–Crippen MR) is 142 cm³/mol. The van der Waals surface area contributed by atoms with Crippen LogP contribution in [-0.2, 0) is 6.54 Å². The third-order valence-electron chi connectivity index (χ3n) is 6.33. The van der Waals surface area contributed by atoms with Crippen molar-refractivity contribution in [2.75, 3.05) is 31.1 Å². The van der Waals surface area contributed by atoms with E-state index in [1.807, 2.05) is 41.9 Å². The molecular weight excluding hydrogens is 462 g/mol. The van der Waals surface area contributed by atoms with E-state index in [1.54, 1.807) is 0 Å². The Morgan fingerprint density at radius 3 is 2.50 bits per heavy atom. The van der Waals surface area contributed by atoms with Crippen molar-refractivity contribution in [2.24, 2.45) is 0 Å². The lowest BCUT2D eigenvalue weighted by atomic mass is 10.1. The maximum Gasteiger partial charge on any atom is 0.138 e. The van der Waals surface area contributed by atoms with Gasteiger partial charge in [-0.3, -0.25) is 9.88 Å². The minimum atomic E-state index is 0.667. The van der Waals surface area contributed by atoms with Crippen molar-refractivity contribution in [1.82, 2.24) is 19.9 Å². The van der Waals surface area contributed by atoms with Gasteiger partial charge in [-0.15, -0.1) is 11.3 Å². The van der Waals surface area contributed by atoms with E-state index >= 15 is 0 Å². The molecule has 6 rings (SSSR count). The first-order valence-corrected chi connectivity index (χ1v) is 12.6. The van der Waals surface area contributed by atoms with Crippen molar-refractivity contribution in [3.8, 4) is 21.8 Å². The zero-order chi connectivity index (χ0) is 22.9. The summed E-state index contributed by atoms with van der Waals surface area (Å²) in [5, 5.41) is 0.667. The molecular formula is C27H24ClN5S. The zero-order valence-corrected chi connectivity index (χ0v) is 20.2. The summed E-state index contributed by atoms with van der Waals surface area (Å²) in [6.07, 6.45) is 3.74. The maximum atomic E-state index is 6.32. The number of rotatable bonds is 5. The molecule has 0 unspecified atom stereocenters. The molecule has 170 valence electrons. The smallest absolute Gasteiger partial charge is 0.138 e. The number of aromatic amines is 1. The van der Waals surface area contributed by atoms with Crippen molar-refractivity contribution < 1.29 is 0 Å². The quantitative estimate of drug-likeness (QED) is 0.316. The van der Waals surface area contributed by atoms with Crippen molar-refractivity contribution >= 4 is 39.7 Å². The van der Waals surface area contributed by atoms with Crippen LogP contribution in [0.25, 0.3) is 32.9 Å². The van der Waals surface area contributed by atoms with Crippen LogP contribution in [0.3, 0.4) is 0 Å². The molecule has 0 bridgehead atoms. The minimum absolute atomic E-state index is 0.667. The SMILES string of the molecule is Clc1cccc2[nH]c(-c3cccc(-c4ccc(CN5CCN(c6ccncc6)CC5)s4)c3)nc12. The van der Waals surface area contributed by atoms with Gasteiger partial charge in [-0.1, -0.05) is 35.9 Å². The molecule has 34 heavy (non-hydrogen) atoms. The van der Waals surface area contributed by atoms with Crippen LogP contribution in [0, 0.1) is 0 Å². The maximum absolute atomic E-state index is 6.32. The van der Waals surface area contributed by atoms with Crippen molar-refractivity contribution in [3.05, 3.63) is 89.0 Å². The number of nitrogens with zero attached hydrogens (tertiary/aromatic N) is 4. The number of nitrogens with one attached hydrogen (secondary N) is 1. The van der Waals surface area contributed by atoms with E-state index in [0.717, 1.165) is 55.1 Å². The zero-order valence-electron chi connectivity index (χ0n) is 18.6. The molecule has 1 fully saturated rings. The Hall–Kier alpha value is -3.19. The average molecular weight is 486 g/mol. The van der Waals surface area contributed by atoms with Crippen molar-refractivity contribution in [3.63, 3.8) is 0 Å². The Labute approximate surface area is 207 Å². The van der Waals surface area contributed by atoms with E-state index in [-0.39, 0.29) is 0 Å². The molecule has 0 radical (unpaired) electrons. The van der Waals surface area contributed by atoms with Crippen LogP contribution in [0.15, 0.2) is 79.1 Å². The normalized spacial score (nSPS) is 14.7. The number of anilines is 1. The first-order chi connectivity index (χ1) is 16.7. The molecule has 1 saturated heterocycles. The predicted octanol–water partition coefficient (Wildman–Crippen LogP) is 6.33. The molecule has 0 aliphatic carbocycles. The molecule has 0 spiro atoms. The lowest BCUT2D eigenvalue weighted by Crippen LogP contribution is -2.45. The van der Waals surface area contributed by atoms with E-state index in [9.17, 15) is 0 Å². The Balaban J connectivity index is 1.15. The number of hydrogen-bond donors (Lipinski definition) is 1. The number of para-hydroxylation sites is 1. The molecule has 3 aromatic heterocycles. The molecule has 1 aliphatic rings. The lowest BCUT2D eigenvalue weighted by molar-refractivity contribution is 0.252. The van der Waals surface area contributed by atoms with Crippen LogP contribution < -0.4 is 4.90 Å². The molecule has 4 heterocycles. The highest BCUT2D eigenvalue weighted by atomic mass is 35.5. The Kier molecular flexibility index (Phi) is 5.79. The molecule has 1 aliphatic heterocycles. The fourth-order valence-electron chi connectivity index (χ4n) is 4.51. The first kappa shape index (κ1) is 21.4. The summed E-state index contributed by atoms with van der Waals surface area (Å²) in [5.41, 5.74) is 5.30. The van der Waals surface area contributed by atoms with Gasteiger partial charge in [0.15, 0.2) is 0 Å². The number of hydrogen-bond acceptors (Lipinski definition) is 5. The number of fused-ring (bicyclic) bond motifs is 1. The highest BCUT2D eigenvalue weighted by molar-refractivity contribution is 7.15. The number of thiophene rings is 1. The van der Waals surface area contributed by atoms with E-state index < -0.39 is 0 Å². The van der Waals surface area contributed by atoms with Gasteiger partial charge < -0.3 is 9.88 Å². The summed E-state index contributed by atoms with van der Waals surface area (Å²) < 4.78 is 0. The number of aromatic nitrogens is 3. The van der Waals surface area contributed by atoms with Crippen LogP contribution in [0.5, 0.6) is 0 Å². The van der Waals surface area contributed by atoms with Gasteiger partial charge in [0.25, 0.3) is 0 Å². The number of piperazine rings is 1. The van der Waals surface area contributed by atoms with Gasteiger partial charge in [0.2, 0.25) is 0 Å².